The maximum atomic E-state index is 12.4. The van der Waals surface area contributed by atoms with Crippen LogP contribution < -0.4 is 14.8 Å². The molecule has 3 heterocycles. The number of aromatic nitrogens is 3. The second-order valence-corrected chi connectivity index (χ2v) is 6.36. The van der Waals surface area contributed by atoms with Crippen LogP contribution in [0.4, 0.5) is 0 Å². The lowest BCUT2D eigenvalue weighted by Gasteiger charge is -2.08. The van der Waals surface area contributed by atoms with Crippen LogP contribution in [0.5, 0.6) is 11.5 Å². The number of hydrogen-bond acceptors (Lipinski definition) is 6. The van der Waals surface area contributed by atoms with E-state index in [1.807, 2.05) is 48.7 Å². The van der Waals surface area contributed by atoms with Gasteiger partial charge in [0.25, 0.3) is 5.91 Å². The second kappa shape index (κ2) is 8.95. The quantitative estimate of drug-likeness (QED) is 0.484. The predicted molar refractivity (Wildman–Crippen MR) is 109 cm³/mol. The first-order valence-electron chi connectivity index (χ1n) is 9.30. The van der Waals surface area contributed by atoms with Gasteiger partial charge in [-0.3, -0.25) is 4.79 Å². The molecule has 0 aliphatic rings. The number of amides is 1. The van der Waals surface area contributed by atoms with E-state index >= 15 is 0 Å². The fourth-order valence-electron chi connectivity index (χ4n) is 2.83. The lowest BCUT2D eigenvalue weighted by molar-refractivity contribution is 0.0919. The third kappa shape index (κ3) is 4.49. The maximum Gasteiger partial charge on any atom is 0.287 e. The average Bonchev–Trinajstić information content (AvgIpc) is 3.49. The lowest BCUT2D eigenvalue weighted by Crippen LogP contribution is -2.22. The van der Waals surface area contributed by atoms with Crippen LogP contribution in [-0.2, 0) is 13.2 Å². The van der Waals surface area contributed by atoms with Crippen molar-refractivity contribution in [1.82, 2.24) is 20.1 Å². The monoisotopic (exact) mass is 404 g/mol. The summed E-state index contributed by atoms with van der Waals surface area (Å²) in [5.41, 5.74) is 0.898. The zero-order valence-electron chi connectivity index (χ0n) is 16.3. The minimum Gasteiger partial charge on any atom is -0.493 e. The van der Waals surface area contributed by atoms with Crippen molar-refractivity contribution in [3.05, 3.63) is 90.3 Å². The number of nitrogens with zero attached hydrogens (tertiary/aromatic N) is 3. The number of para-hydroxylation sites is 2. The van der Waals surface area contributed by atoms with Gasteiger partial charge in [-0.05, 0) is 48.0 Å². The Morgan fingerprint density at radius 1 is 1.10 bits per heavy atom. The van der Waals surface area contributed by atoms with E-state index in [2.05, 4.69) is 15.4 Å². The average molecular weight is 404 g/mol. The second-order valence-electron chi connectivity index (χ2n) is 6.36. The van der Waals surface area contributed by atoms with E-state index in [1.54, 1.807) is 36.3 Å². The number of rotatable bonds is 8. The van der Waals surface area contributed by atoms with E-state index in [-0.39, 0.29) is 18.3 Å². The minimum absolute atomic E-state index is 0.186. The molecule has 4 aromatic rings. The minimum atomic E-state index is -0.309. The molecule has 0 fully saturated rings. The summed E-state index contributed by atoms with van der Waals surface area (Å²) in [5.74, 6) is 2.37. The van der Waals surface area contributed by atoms with Crippen molar-refractivity contribution in [3.63, 3.8) is 0 Å². The van der Waals surface area contributed by atoms with Gasteiger partial charge < -0.3 is 19.2 Å². The zero-order chi connectivity index (χ0) is 20.8. The summed E-state index contributed by atoms with van der Waals surface area (Å²) in [7, 11) is 1.58. The van der Waals surface area contributed by atoms with Crippen LogP contribution in [0.25, 0.3) is 5.82 Å². The van der Waals surface area contributed by atoms with Gasteiger partial charge in [0, 0.05) is 25.1 Å². The molecule has 8 nitrogen and oxygen atoms in total. The van der Waals surface area contributed by atoms with Crippen molar-refractivity contribution in [2.45, 2.75) is 13.2 Å². The summed E-state index contributed by atoms with van der Waals surface area (Å²) >= 11 is 0. The third-order valence-corrected chi connectivity index (χ3v) is 4.33. The smallest absolute Gasteiger partial charge is 0.287 e. The van der Waals surface area contributed by atoms with E-state index in [0.29, 0.717) is 29.6 Å². The Balaban J connectivity index is 1.34. The van der Waals surface area contributed by atoms with Crippen molar-refractivity contribution in [2.24, 2.45) is 0 Å². The Morgan fingerprint density at radius 3 is 2.77 bits per heavy atom. The molecule has 0 saturated heterocycles. The fourth-order valence-corrected chi connectivity index (χ4v) is 2.83. The summed E-state index contributed by atoms with van der Waals surface area (Å²) in [6.07, 6.45) is 5.17. The van der Waals surface area contributed by atoms with E-state index in [4.69, 9.17) is 13.9 Å². The molecule has 0 bridgehead atoms. The maximum absolute atomic E-state index is 12.4. The van der Waals surface area contributed by atoms with E-state index in [9.17, 15) is 4.79 Å². The van der Waals surface area contributed by atoms with Gasteiger partial charge in [-0.25, -0.2) is 9.67 Å². The highest BCUT2D eigenvalue weighted by Crippen LogP contribution is 2.26. The number of furan rings is 1. The molecule has 3 aromatic heterocycles. The highest BCUT2D eigenvalue weighted by atomic mass is 16.5. The first-order chi connectivity index (χ1) is 14.7. The number of methoxy groups -OCH3 is 1. The van der Waals surface area contributed by atoms with Crippen molar-refractivity contribution < 1.29 is 18.7 Å². The summed E-state index contributed by atoms with van der Waals surface area (Å²) in [4.78, 5) is 16.7. The molecule has 30 heavy (non-hydrogen) atoms. The molecular weight excluding hydrogens is 384 g/mol. The molecule has 1 N–H and O–H groups in total. The first-order valence-corrected chi connectivity index (χ1v) is 9.30. The normalized spacial score (nSPS) is 10.6. The Bertz CT molecular complexity index is 1120. The van der Waals surface area contributed by atoms with Crippen molar-refractivity contribution >= 4 is 5.91 Å². The first kappa shape index (κ1) is 19.3. The number of carbonyl (C=O) groups excluding carboxylic acids is 1. The van der Waals surface area contributed by atoms with Crippen molar-refractivity contribution in [2.75, 3.05) is 7.11 Å². The predicted octanol–water partition coefficient (Wildman–Crippen LogP) is 3.38. The van der Waals surface area contributed by atoms with Crippen LogP contribution in [0.1, 0.15) is 21.9 Å². The third-order valence-electron chi connectivity index (χ3n) is 4.33. The number of hydrogen-bond donors (Lipinski definition) is 1. The van der Waals surface area contributed by atoms with Gasteiger partial charge in [0.05, 0.1) is 7.11 Å². The van der Waals surface area contributed by atoms with E-state index in [1.165, 1.54) is 0 Å². The Hall–Kier alpha value is -4.07. The SMILES string of the molecule is COc1ccccc1OCc1ccc(C(=O)NCc2ccnc(-n3cccn3)c2)o1. The molecular formula is C22H20N4O4. The van der Waals surface area contributed by atoms with E-state index < -0.39 is 0 Å². The van der Waals surface area contributed by atoms with Crippen molar-refractivity contribution in [1.29, 1.82) is 0 Å². The topological polar surface area (TPSA) is 91.4 Å². The highest BCUT2D eigenvalue weighted by Gasteiger charge is 2.12. The Morgan fingerprint density at radius 2 is 1.97 bits per heavy atom. The molecule has 1 amide bonds. The molecule has 4 rings (SSSR count). The molecule has 1 aromatic carbocycles. The fraction of sp³-hybridized carbons (Fsp3) is 0.136. The highest BCUT2D eigenvalue weighted by molar-refractivity contribution is 5.91. The summed E-state index contributed by atoms with van der Waals surface area (Å²) in [6, 6.07) is 16.2. The zero-order valence-corrected chi connectivity index (χ0v) is 16.3. The van der Waals surface area contributed by atoms with Gasteiger partial charge >= 0.3 is 0 Å². The molecule has 0 aliphatic carbocycles. The number of ether oxygens (including phenoxy) is 2. The van der Waals surface area contributed by atoms with Gasteiger partial charge in [-0.1, -0.05) is 12.1 Å². The van der Waals surface area contributed by atoms with Crippen LogP contribution in [0.2, 0.25) is 0 Å². The standard InChI is InChI=1S/C22H20N4O4/c1-28-18-5-2-3-6-19(18)29-15-17-7-8-20(30-17)22(27)24-14-16-9-11-23-21(13-16)26-12-4-10-25-26/h2-13H,14-15H2,1H3,(H,24,27). The van der Waals surface area contributed by atoms with Crippen LogP contribution in [0.15, 0.2) is 77.6 Å². The van der Waals surface area contributed by atoms with E-state index in [0.717, 1.165) is 5.56 Å². The number of nitrogens with one attached hydrogen (secondary N) is 1. The number of pyridine rings is 1. The summed E-state index contributed by atoms with van der Waals surface area (Å²) < 4.78 is 18.2. The molecule has 0 unspecified atom stereocenters. The lowest BCUT2D eigenvalue weighted by atomic mass is 10.2. The van der Waals surface area contributed by atoms with Crippen LogP contribution in [-0.4, -0.2) is 27.8 Å². The molecule has 8 heteroatoms. The van der Waals surface area contributed by atoms with Gasteiger partial charge in [0.15, 0.2) is 23.1 Å². The van der Waals surface area contributed by atoms with Crippen LogP contribution in [0, 0.1) is 0 Å². The Kier molecular flexibility index (Phi) is 5.75. The molecule has 0 spiro atoms. The van der Waals surface area contributed by atoms with Gasteiger partial charge in [0.2, 0.25) is 0 Å². The van der Waals surface area contributed by atoms with Gasteiger partial charge in [-0.15, -0.1) is 0 Å². The number of carbonyl (C=O) groups is 1. The van der Waals surface area contributed by atoms with Crippen LogP contribution >= 0.6 is 0 Å². The molecule has 0 aliphatic heterocycles. The van der Waals surface area contributed by atoms with Gasteiger partial charge in [0.1, 0.15) is 12.4 Å². The number of benzene rings is 1. The largest absolute Gasteiger partial charge is 0.493 e. The van der Waals surface area contributed by atoms with Crippen molar-refractivity contribution in [3.8, 4) is 17.3 Å². The molecule has 0 radical (unpaired) electrons. The summed E-state index contributed by atoms with van der Waals surface area (Å²) in [5, 5.41) is 7.00. The van der Waals surface area contributed by atoms with Crippen LogP contribution in [0.3, 0.4) is 0 Å². The molecule has 152 valence electrons. The van der Waals surface area contributed by atoms with Gasteiger partial charge in [-0.2, -0.15) is 5.10 Å². The Labute approximate surface area is 173 Å². The molecule has 0 atom stereocenters. The molecule has 0 saturated carbocycles. The summed E-state index contributed by atoms with van der Waals surface area (Å²) in [6.45, 7) is 0.522.